The molecule has 128 valence electrons. The van der Waals surface area contributed by atoms with Crippen molar-refractivity contribution in [1.29, 1.82) is 0 Å². The molecule has 0 aromatic carbocycles. The molecule has 4 heterocycles. The number of rotatable bonds is 1. The Morgan fingerprint density at radius 3 is 2.92 bits per heavy atom. The second-order valence-corrected chi connectivity index (χ2v) is 7.31. The first kappa shape index (κ1) is 15.1. The molecule has 0 unspecified atom stereocenters. The highest BCUT2D eigenvalue weighted by Crippen LogP contribution is 2.38. The maximum Gasteiger partial charge on any atom is 0.276 e. The molecule has 1 fully saturated rings. The van der Waals surface area contributed by atoms with Crippen LogP contribution in [0, 0.1) is 0 Å². The van der Waals surface area contributed by atoms with E-state index in [4.69, 9.17) is 11.6 Å². The Labute approximate surface area is 149 Å². The van der Waals surface area contributed by atoms with Crippen LogP contribution in [0.1, 0.15) is 37.8 Å². The summed E-state index contributed by atoms with van der Waals surface area (Å²) >= 11 is 6.57. The van der Waals surface area contributed by atoms with Crippen LogP contribution >= 0.6 is 11.6 Å². The zero-order valence-electron chi connectivity index (χ0n) is 13.7. The molecule has 5 rings (SSSR count). The van der Waals surface area contributed by atoms with Gasteiger partial charge in [-0.1, -0.05) is 18.0 Å². The van der Waals surface area contributed by atoms with Gasteiger partial charge in [-0.05, 0) is 37.8 Å². The lowest BCUT2D eigenvalue weighted by Crippen LogP contribution is -2.48. The van der Waals surface area contributed by atoms with Crippen LogP contribution in [0.3, 0.4) is 0 Å². The number of fused-ring (bicyclic) bond motifs is 3. The first-order chi connectivity index (χ1) is 12.2. The molecule has 1 aliphatic carbocycles. The molecule has 3 aromatic heterocycles. The quantitative estimate of drug-likeness (QED) is 0.729. The number of aromatic nitrogens is 4. The number of pyridine rings is 1. The van der Waals surface area contributed by atoms with Gasteiger partial charge in [-0.2, -0.15) is 0 Å². The number of hydrogen-bond donors (Lipinski definition) is 1. The molecule has 6 nitrogen and oxygen atoms in total. The third-order valence-corrected chi connectivity index (χ3v) is 5.86. The fraction of sp³-hybridized carbons (Fsp3) is 0.389. The molecule has 1 saturated carbocycles. The Morgan fingerprint density at radius 1 is 1.24 bits per heavy atom. The van der Waals surface area contributed by atoms with Gasteiger partial charge in [0.05, 0.1) is 16.4 Å². The monoisotopic (exact) mass is 355 g/mol. The van der Waals surface area contributed by atoms with E-state index in [9.17, 15) is 4.79 Å². The average Bonchev–Trinajstić information content (AvgIpc) is 3.22. The van der Waals surface area contributed by atoms with Crippen molar-refractivity contribution >= 4 is 22.6 Å². The normalized spacial score (nSPS) is 18.8. The SMILES string of the molecule is O=c1c(-n2ccc3cncnc32)cc(Cl)c2n1C1(CCCCC1)NC2. The van der Waals surface area contributed by atoms with Crippen LogP contribution < -0.4 is 10.9 Å². The summed E-state index contributed by atoms with van der Waals surface area (Å²) in [6.07, 6.45) is 10.5. The second-order valence-electron chi connectivity index (χ2n) is 6.90. The topological polar surface area (TPSA) is 64.7 Å². The Kier molecular flexibility index (Phi) is 3.27. The van der Waals surface area contributed by atoms with Crippen molar-refractivity contribution in [1.82, 2.24) is 24.4 Å². The van der Waals surface area contributed by atoms with Gasteiger partial charge >= 0.3 is 0 Å². The Balaban J connectivity index is 1.77. The third kappa shape index (κ3) is 2.10. The van der Waals surface area contributed by atoms with Crippen LogP contribution in [-0.2, 0) is 12.2 Å². The maximum absolute atomic E-state index is 13.4. The van der Waals surface area contributed by atoms with E-state index in [2.05, 4.69) is 15.3 Å². The Hall–Kier alpha value is -2.18. The highest BCUT2D eigenvalue weighted by atomic mass is 35.5. The minimum Gasteiger partial charge on any atom is -0.296 e. The molecule has 2 aliphatic rings. The van der Waals surface area contributed by atoms with Gasteiger partial charge in [0.2, 0.25) is 0 Å². The minimum absolute atomic E-state index is 0.0117. The first-order valence-corrected chi connectivity index (χ1v) is 9.05. The highest BCUT2D eigenvalue weighted by Gasteiger charge is 2.41. The number of nitrogens with zero attached hydrogens (tertiary/aromatic N) is 4. The van der Waals surface area contributed by atoms with Crippen LogP contribution in [0.2, 0.25) is 5.02 Å². The van der Waals surface area contributed by atoms with Crippen LogP contribution in [0.25, 0.3) is 16.7 Å². The summed E-state index contributed by atoms with van der Waals surface area (Å²) in [7, 11) is 0. The van der Waals surface area contributed by atoms with E-state index in [-0.39, 0.29) is 11.2 Å². The van der Waals surface area contributed by atoms with E-state index in [1.165, 1.54) is 12.7 Å². The molecule has 3 aromatic rings. The summed E-state index contributed by atoms with van der Waals surface area (Å²) in [4.78, 5) is 21.8. The van der Waals surface area contributed by atoms with E-state index in [1.807, 2.05) is 21.4 Å². The van der Waals surface area contributed by atoms with E-state index in [0.717, 1.165) is 36.8 Å². The van der Waals surface area contributed by atoms with Gasteiger partial charge in [-0.25, -0.2) is 9.97 Å². The highest BCUT2D eigenvalue weighted by molar-refractivity contribution is 6.31. The van der Waals surface area contributed by atoms with Crippen molar-refractivity contribution in [3.05, 3.63) is 51.9 Å². The third-order valence-electron chi connectivity index (χ3n) is 5.53. The maximum atomic E-state index is 13.4. The Morgan fingerprint density at radius 2 is 2.08 bits per heavy atom. The standard InChI is InChI=1S/C18H18ClN5O/c19-13-8-14(23-7-4-12-9-20-11-21-16(12)23)17(25)24-15(13)10-22-18(24)5-2-1-3-6-18/h4,7-9,11,22H,1-3,5-6,10H2. The summed E-state index contributed by atoms with van der Waals surface area (Å²) < 4.78 is 3.73. The predicted octanol–water partition coefficient (Wildman–Crippen LogP) is 2.96. The minimum atomic E-state index is -0.289. The van der Waals surface area contributed by atoms with E-state index in [1.54, 1.807) is 12.3 Å². The van der Waals surface area contributed by atoms with Crippen LogP contribution in [0.15, 0.2) is 35.6 Å². The van der Waals surface area contributed by atoms with Crippen LogP contribution in [0.4, 0.5) is 0 Å². The van der Waals surface area contributed by atoms with E-state index < -0.39 is 0 Å². The molecule has 1 aliphatic heterocycles. The summed E-state index contributed by atoms with van der Waals surface area (Å²) in [6, 6.07) is 3.68. The molecule has 0 radical (unpaired) electrons. The first-order valence-electron chi connectivity index (χ1n) is 8.67. The molecular formula is C18H18ClN5O. The zero-order valence-corrected chi connectivity index (χ0v) is 14.5. The van der Waals surface area contributed by atoms with Gasteiger partial charge in [0.25, 0.3) is 5.56 Å². The molecule has 0 amide bonds. The number of hydrogen-bond acceptors (Lipinski definition) is 4. The molecule has 0 atom stereocenters. The lowest BCUT2D eigenvalue weighted by atomic mass is 9.89. The zero-order chi connectivity index (χ0) is 17.0. The lowest BCUT2D eigenvalue weighted by Gasteiger charge is -2.36. The summed E-state index contributed by atoms with van der Waals surface area (Å²) in [5.74, 6) is 0. The number of nitrogens with one attached hydrogen (secondary N) is 1. The molecule has 7 heteroatoms. The van der Waals surface area contributed by atoms with Crippen molar-refractivity contribution in [2.45, 2.75) is 44.3 Å². The lowest BCUT2D eigenvalue weighted by molar-refractivity contribution is 0.165. The van der Waals surface area contributed by atoms with Gasteiger partial charge in [-0.15, -0.1) is 0 Å². The smallest absolute Gasteiger partial charge is 0.276 e. The summed E-state index contributed by atoms with van der Waals surface area (Å²) in [5.41, 5.74) is 1.84. The van der Waals surface area contributed by atoms with Crippen LogP contribution in [-0.4, -0.2) is 19.1 Å². The molecule has 25 heavy (non-hydrogen) atoms. The van der Waals surface area contributed by atoms with Gasteiger partial charge in [0.1, 0.15) is 17.7 Å². The van der Waals surface area contributed by atoms with Crippen molar-refractivity contribution < 1.29 is 0 Å². The van der Waals surface area contributed by atoms with Gasteiger partial charge in [-0.3, -0.25) is 19.2 Å². The fourth-order valence-corrected chi connectivity index (χ4v) is 4.59. The number of halogens is 1. The van der Waals surface area contributed by atoms with Gasteiger partial charge in [0, 0.05) is 24.3 Å². The molecule has 0 saturated heterocycles. The van der Waals surface area contributed by atoms with E-state index >= 15 is 0 Å². The van der Waals surface area contributed by atoms with Crippen molar-refractivity contribution in [3.63, 3.8) is 0 Å². The molecular weight excluding hydrogens is 338 g/mol. The summed E-state index contributed by atoms with van der Waals surface area (Å²) in [6.45, 7) is 0.642. The summed E-state index contributed by atoms with van der Waals surface area (Å²) in [5, 5.41) is 5.10. The molecule has 1 spiro atoms. The van der Waals surface area contributed by atoms with E-state index in [0.29, 0.717) is 22.9 Å². The fourth-order valence-electron chi connectivity index (χ4n) is 4.33. The molecule has 0 bridgehead atoms. The van der Waals surface area contributed by atoms with Crippen molar-refractivity contribution in [2.24, 2.45) is 0 Å². The van der Waals surface area contributed by atoms with Gasteiger partial charge < -0.3 is 0 Å². The van der Waals surface area contributed by atoms with Gasteiger partial charge in [0.15, 0.2) is 0 Å². The predicted molar refractivity (Wildman–Crippen MR) is 96.0 cm³/mol. The second kappa shape index (κ2) is 5.41. The largest absolute Gasteiger partial charge is 0.296 e. The van der Waals surface area contributed by atoms with Crippen molar-refractivity contribution in [3.8, 4) is 5.69 Å². The van der Waals surface area contributed by atoms with Crippen molar-refractivity contribution in [2.75, 3.05) is 0 Å². The molecule has 1 N–H and O–H groups in total. The Bertz CT molecular complexity index is 1030. The van der Waals surface area contributed by atoms with Crippen LogP contribution in [0.5, 0.6) is 0 Å². The average molecular weight is 356 g/mol.